The Hall–Kier alpha value is 0. The fourth-order valence-corrected chi connectivity index (χ4v) is 2.12. The van der Waals surface area contributed by atoms with Gasteiger partial charge >= 0.3 is 0 Å². The molecule has 0 aliphatic heterocycles. The summed E-state index contributed by atoms with van der Waals surface area (Å²) in [4.78, 5) is 0. The van der Waals surface area contributed by atoms with Crippen LogP contribution in [0, 0.1) is 23.7 Å². The van der Waals surface area contributed by atoms with E-state index in [2.05, 4.69) is 27.7 Å². The highest BCUT2D eigenvalue weighted by atomic mass is 14.3. The predicted molar refractivity (Wildman–Crippen MR) is 50.3 cm³/mol. The second-order valence-electron chi connectivity index (χ2n) is 4.50. The number of rotatable bonds is 0. The van der Waals surface area contributed by atoms with Crippen LogP contribution in [-0.4, -0.2) is 0 Å². The number of hydrogen-bond donors (Lipinski definition) is 0. The van der Waals surface area contributed by atoms with Crippen molar-refractivity contribution in [1.29, 1.82) is 0 Å². The molecule has 0 bridgehead atoms. The molecule has 65 valence electrons. The van der Waals surface area contributed by atoms with Gasteiger partial charge in [0, 0.05) is 0 Å². The average molecular weight is 153 g/mol. The van der Waals surface area contributed by atoms with E-state index in [4.69, 9.17) is 0 Å². The maximum absolute atomic E-state index is 2.40. The van der Waals surface area contributed by atoms with Gasteiger partial charge in [0.25, 0.3) is 0 Å². The van der Waals surface area contributed by atoms with Gasteiger partial charge in [0.2, 0.25) is 0 Å². The lowest BCUT2D eigenvalue weighted by Gasteiger charge is -2.21. The second kappa shape index (κ2) is 3.60. The fraction of sp³-hybridized carbons (Fsp3) is 0.909. The van der Waals surface area contributed by atoms with Crippen molar-refractivity contribution in [3.05, 3.63) is 5.92 Å². The van der Waals surface area contributed by atoms with E-state index in [0.717, 1.165) is 17.8 Å². The highest BCUT2D eigenvalue weighted by molar-refractivity contribution is 4.95. The molecule has 3 atom stereocenters. The first-order valence-corrected chi connectivity index (χ1v) is 4.93. The van der Waals surface area contributed by atoms with Crippen molar-refractivity contribution in [3.8, 4) is 0 Å². The summed E-state index contributed by atoms with van der Waals surface area (Å²) in [5.41, 5.74) is 0. The van der Waals surface area contributed by atoms with Crippen molar-refractivity contribution in [1.82, 2.24) is 0 Å². The summed E-state index contributed by atoms with van der Waals surface area (Å²) >= 11 is 0. The van der Waals surface area contributed by atoms with Gasteiger partial charge in [0.05, 0.1) is 0 Å². The van der Waals surface area contributed by atoms with Crippen LogP contribution in [0.5, 0.6) is 0 Å². The molecule has 0 spiro atoms. The Morgan fingerprint density at radius 2 is 1.73 bits per heavy atom. The zero-order chi connectivity index (χ0) is 8.43. The maximum Gasteiger partial charge on any atom is -0.0238 e. The smallest absolute Gasteiger partial charge is 0.0238 e. The Morgan fingerprint density at radius 3 is 2.36 bits per heavy atom. The number of hydrogen-bond acceptors (Lipinski definition) is 0. The van der Waals surface area contributed by atoms with Crippen LogP contribution >= 0.6 is 0 Å². The quantitative estimate of drug-likeness (QED) is 0.466. The Kier molecular flexibility index (Phi) is 2.98. The summed E-state index contributed by atoms with van der Waals surface area (Å²) in [6, 6.07) is 0. The molecule has 1 aliphatic carbocycles. The molecule has 0 saturated heterocycles. The van der Waals surface area contributed by atoms with Gasteiger partial charge in [-0.3, -0.25) is 0 Å². The third-order valence-corrected chi connectivity index (χ3v) is 3.42. The van der Waals surface area contributed by atoms with Gasteiger partial charge < -0.3 is 0 Å². The van der Waals surface area contributed by atoms with E-state index in [9.17, 15) is 0 Å². The van der Waals surface area contributed by atoms with Gasteiger partial charge in [-0.1, -0.05) is 40.5 Å². The molecule has 0 nitrogen and oxygen atoms in total. The molecule has 0 heterocycles. The fourth-order valence-electron chi connectivity index (χ4n) is 2.12. The van der Waals surface area contributed by atoms with Gasteiger partial charge in [0.15, 0.2) is 0 Å². The molecule has 1 radical (unpaired) electrons. The monoisotopic (exact) mass is 153 g/mol. The predicted octanol–water partition coefficient (Wildman–Crippen LogP) is 3.67. The summed E-state index contributed by atoms with van der Waals surface area (Å²) < 4.78 is 0. The van der Waals surface area contributed by atoms with Crippen LogP contribution in [0.4, 0.5) is 0 Å². The molecule has 11 heavy (non-hydrogen) atoms. The SMILES string of the molecule is C[C]1CC(C)CCC(C)C1C. The van der Waals surface area contributed by atoms with Crippen molar-refractivity contribution in [2.24, 2.45) is 17.8 Å². The van der Waals surface area contributed by atoms with E-state index >= 15 is 0 Å². The van der Waals surface area contributed by atoms with Gasteiger partial charge in [-0.05, 0) is 30.1 Å². The molecule has 1 fully saturated rings. The third-order valence-electron chi connectivity index (χ3n) is 3.42. The molecule has 0 aromatic carbocycles. The Balaban J connectivity index is 2.53. The summed E-state index contributed by atoms with van der Waals surface area (Å²) in [6.45, 7) is 9.50. The lowest BCUT2D eigenvalue weighted by molar-refractivity contribution is 0.389. The average Bonchev–Trinajstić information content (AvgIpc) is 2.05. The van der Waals surface area contributed by atoms with Crippen LogP contribution in [0.25, 0.3) is 0 Å². The lowest BCUT2D eigenvalue weighted by Crippen LogP contribution is -2.12. The highest BCUT2D eigenvalue weighted by Gasteiger charge is 2.25. The Labute approximate surface area is 71.4 Å². The van der Waals surface area contributed by atoms with Crippen molar-refractivity contribution >= 4 is 0 Å². The van der Waals surface area contributed by atoms with Crippen molar-refractivity contribution in [3.63, 3.8) is 0 Å². The van der Waals surface area contributed by atoms with Crippen LogP contribution in [0.15, 0.2) is 0 Å². The standard InChI is InChI=1S/C11H21/c1-8-5-6-9(2)11(4)10(3)7-8/h8-9,11H,5-7H2,1-4H3. The third kappa shape index (κ3) is 2.21. The first kappa shape index (κ1) is 9.09. The van der Waals surface area contributed by atoms with Crippen molar-refractivity contribution in [2.45, 2.75) is 47.0 Å². The zero-order valence-corrected chi connectivity index (χ0v) is 8.35. The zero-order valence-electron chi connectivity index (χ0n) is 8.35. The molecule has 0 heteroatoms. The van der Waals surface area contributed by atoms with Crippen molar-refractivity contribution < 1.29 is 0 Å². The molecule has 0 aromatic rings. The molecule has 0 N–H and O–H groups in total. The van der Waals surface area contributed by atoms with Crippen LogP contribution in [0.2, 0.25) is 0 Å². The van der Waals surface area contributed by atoms with E-state index < -0.39 is 0 Å². The Morgan fingerprint density at radius 1 is 1.09 bits per heavy atom. The minimum Gasteiger partial charge on any atom is -0.0625 e. The largest absolute Gasteiger partial charge is 0.0625 e. The molecular formula is C11H21. The van der Waals surface area contributed by atoms with Crippen LogP contribution in [-0.2, 0) is 0 Å². The van der Waals surface area contributed by atoms with Crippen LogP contribution < -0.4 is 0 Å². The summed E-state index contributed by atoms with van der Waals surface area (Å²) in [5, 5.41) is 0. The Bertz CT molecular complexity index is 117. The molecule has 3 unspecified atom stereocenters. The minimum absolute atomic E-state index is 0.861. The normalized spacial score (nSPS) is 42.0. The van der Waals surface area contributed by atoms with Gasteiger partial charge in [-0.15, -0.1) is 0 Å². The topological polar surface area (TPSA) is 0 Å². The van der Waals surface area contributed by atoms with Crippen molar-refractivity contribution in [2.75, 3.05) is 0 Å². The summed E-state index contributed by atoms with van der Waals surface area (Å²) in [5.74, 6) is 4.43. The highest BCUT2D eigenvalue weighted by Crippen LogP contribution is 2.36. The van der Waals surface area contributed by atoms with E-state index in [-0.39, 0.29) is 0 Å². The van der Waals surface area contributed by atoms with E-state index in [1.165, 1.54) is 19.3 Å². The second-order valence-corrected chi connectivity index (χ2v) is 4.50. The van der Waals surface area contributed by atoms with Crippen LogP contribution in [0.1, 0.15) is 47.0 Å². The van der Waals surface area contributed by atoms with Gasteiger partial charge in [-0.2, -0.15) is 0 Å². The van der Waals surface area contributed by atoms with Gasteiger partial charge in [0.1, 0.15) is 0 Å². The molecule has 0 aromatic heterocycles. The maximum atomic E-state index is 2.40. The lowest BCUT2D eigenvalue weighted by atomic mass is 9.84. The van der Waals surface area contributed by atoms with E-state index in [1.807, 2.05) is 0 Å². The molecule has 1 rings (SSSR count). The molecule has 1 saturated carbocycles. The summed E-state index contributed by atoms with van der Waals surface area (Å²) in [6.07, 6.45) is 4.23. The summed E-state index contributed by atoms with van der Waals surface area (Å²) in [7, 11) is 0. The minimum atomic E-state index is 0.861. The van der Waals surface area contributed by atoms with E-state index in [1.54, 1.807) is 5.92 Å². The van der Waals surface area contributed by atoms with Crippen LogP contribution in [0.3, 0.4) is 0 Å². The first-order valence-electron chi connectivity index (χ1n) is 4.93. The van der Waals surface area contributed by atoms with Gasteiger partial charge in [-0.25, -0.2) is 0 Å². The molecule has 1 aliphatic rings. The van der Waals surface area contributed by atoms with E-state index in [0.29, 0.717) is 0 Å². The first-order chi connectivity index (χ1) is 5.11. The molecular weight excluding hydrogens is 132 g/mol. The molecule has 0 amide bonds.